The fourth-order valence-corrected chi connectivity index (χ4v) is 2.56. The number of hydrogen-bond acceptors (Lipinski definition) is 5. The molecule has 2 atom stereocenters. The van der Waals surface area contributed by atoms with Crippen LogP contribution in [-0.4, -0.2) is 31.6 Å². The molecule has 0 bridgehead atoms. The normalized spacial score (nSPS) is 20.5. The van der Waals surface area contributed by atoms with Crippen molar-refractivity contribution in [3.8, 4) is 5.75 Å². The van der Waals surface area contributed by atoms with Crippen LogP contribution in [0.2, 0.25) is 0 Å². The molecule has 0 aromatic heterocycles. The van der Waals surface area contributed by atoms with Gasteiger partial charge in [0.15, 0.2) is 6.61 Å². The summed E-state index contributed by atoms with van der Waals surface area (Å²) in [5, 5.41) is 2.93. The minimum Gasteiger partial charge on any atom is -0.482 e. The zero-order chi connectivity index (χ0) is 16.1. The van der Waals surface area contributed by atoms with Gasteiger partial charge in [0, 0.05) is 17.6 Å². The summed E-state index contributed by atoms with van der Waals surface area (Å²) in [4.78, 5) is 23.2. The Balaban J connectivity index is 1.94. The Morgan fingerprint density at radius 3 is 2.73 bits per heavy atom. The van der Waals surface area contributed by atoms with Crippen molar-refractivity contribution in [2.75, 3.05) is 19.0 Å². The Morgan fingerprint density at radius 1 is 1.36 bits per heavy atom. The maximum atomic E-state index is 12.2. The molecule has 1 aliphatic carbocycles. The lowest BCUT2D eigenvalue weighted by Gasteiger charge is -2.14. The molecule has 1 aromatic carbocycles. The van der Waals surface area contributed by atoms with Gasteiger partial charge in [0.2, 0.25) is 5.91 Å². The van der Waals surface area contributed by atoms with E-state index in [2.05, 4.69) is 10.1 Å². The number of ether oxygens (including phenoxy) is 2. The van der Waals surface area contributed by atoms with E-state index in [0.29, 0.717) is 5.75 Å². The number of benzene rings is 1. The van der Waals surface area contributed by atoms with E-state index in [9.17, 15) is 9.59 Å². The van der Waals surface area contributed by atoms with Crippen LogP contribution in [0.15, 0.2) is 18.2 Å². The summed E-state index contributed by atoms with van der Waals surface area (Å²) in [7, 11) is 1.31. The highest BCUT2D eigenvalue weighted by Gasteiger charge is 2.27. The highest BCUT2D eigenvalue weighted by Crippen LogP contribution is 2.27. The molecule has 120 valence electrons. The van der Waals surface area contributed by atoms with Gasteiger partial charge in [0.1, 0.15) is 5.75 Å². The minimum atomic E-state index is -0.437. The summed E-state index contributed by atoms with van der Waals surface area (Å²) in [6.07, 6.45) is 2.48. The predicted octanol–water partition coefficient (Wildman–Crippen LogP) is 1.61. The smallest absolute Gasteiger partial charge is 0.343 e. The van der Waals surface area contributed by atoms with Gasteiger partial charge < -0.3 is 20.5 Å². The van der Waals surface area contributed by atoms with E-state index in [1.807, 2.05) is 6.92 Å². The standard InChI is InChI=1S/C16H22N2O4/c1-10-7-13(22-9-15(19)21-2)5-6-14(10)18-16(20)11-3-4-12(17)8-11/h5-7,11-12H,3-4,8-9,17H2,1-2H3,(H,18,20). The number of nitrogens with two attached hydrogens (primary N) is 1. The molecule has 0 saturated heterocycles. The minimum absolute atomic E-state index is 0.00958. The summed E-state index contributed by atoms with van der Waals surface area (Å²) in [6.45, 7) is 1.74. The fraction of sp³-hybridized carbons (Fsp3) is 0.500. The maximum absolute atomic E-state index is 12.2. The van der Waals surface area contributed by atoms with E-state index in [4.69, 9.17) is 10.5 Å². The SMILES string of the molecule is COC(=O)COc1ccc(NC(=O)C2CCC(N)C2)c(C)c1. The second-order valence-electron chi connectivity index (χ2n) is 5.60. The van der Waals surface area contributed by atoms with Crippen molar-refractivity contribution in [3.63, 3.8) is 0 Å². The fourth-order valence-electron chi connectivity index (χ4n) is 2.56. The first-order chi connectivity index (χ1) is 10.5. The number of hydrogen-bond donors (Lipinski definition) is 2. The number of methoxy groups -OCH3 is 1. The molecule has 3 N–H and O–H groups in total. The van der Waals surface area contributed by atoms with Gasteiger partial charge in [-0.25, -0.2) is 4.79 Å². The average molecular weight is 306 g/mol. The number of carbonyl (C=O) groups is 2. The number of rotatable bonds is 5. The number of anilines is 1. The van der Waals surface area contributed by atoms with Crippen molar-refractivity contribution in [1.82, 2.24) is 0 Å². The van der Waals surface area contributed by atoms with Gasteiger partial charge in [-0.2, -0.15) is 0 Å². The summed E-state index contributed by atoms with van der Waals surface area (Å²) in [5.41, 5.74) is 7.46. The Kier molecular flexibility index (Phi) is 5.38. The molecule has 1 aromatic rings. The molecular weight excluding hydrogens is 284 g/mol. The van der Waals surface area contributed by atoms with Crippen molar-refractivity contribution in [3.05, 3.63) is 23.8 Å². The van der Waals surface area contributed by atoms with E-state index in [0.717, 1.165) is 30.5 Å². The van der Waals surface area contributed by atoms with Crippen LogP contribution in [0.25, 0.3) is 0 Å². The van der Waals surface area contributed by atoms with Crippen LogP contribution < -0.4 is 15.8 Å². The van der Waals surface area contributed by atoms with Gasteiger partial charge in [0.25, 0.3) is 0 Å². The van der Waals surface area contributed by atoms with Gasteiger partial charge >= 0.3 is 5.97 Å². The monoisotopic (exact) mass is 306 g/mol. The lowest BCUT2D eigenvalue weighted by atomic mass is 10.1. The molecule has 0 aliphatic heterocycles. The molecule has 0 radical (unpaired) electrons. The molecular formula is C16H22N2O4. The molecule has 1 amide bonds. The quantitative estimate of drug-likeness (QED) is 0.807. The van der Waals surface area contributed by atoms with Crippen LogP contribution in [-0.2, 0) is 14.3 Å². The first kappa shape index (κ1) is 16.3. The predicted molar refractivity (Wildman–Crippen MR) is 82.6 cm³/mol. The van der Waals surface area contributed by atoms with E-state index in [-0.39, 0.29) is 24.5 Å². The Morgan fingerprint density at radius 2 is 2.14 bits per heavy atom. The molecule has 0 spiro atoms. The zero-order valence-corrected chi connectivity index (χ0v) is 12.9. The van der Waals surface area contributed by atoms with Gasteiger partial charge in [-0.1, -0.05) is 0 Å². The summed E-state index contributed by atoms with van der Waals surface area (Å²) >= 11 is 0. The largest absolute Gasteiger partial charge is 0.482 e. The molecule has 1 fully saturated rings. The van der Waals surface area contributed by atoms with E-state index < -0.39 is 5.97 Å². The molecule has 1 saturated carbocycles. The topological polar surface area (TPSA) is 90.6 Å². The Hall–Kier alpha value is -2.08. The van der Waals surface area contributed by atoms with Gasteiger partial charge in [-0.05, 0) is 49.9 Å². The second kappa shape index (κ2) is 7.26. The lowest BCUT2D eigenvalue weighted by molar-refractivity contribution is -0.142. The van der Waals surface area contributed by atoms with Crippen molar-refractivity contribution < 1.29 is 19.1 Å². The van der Waals surface area contributed by atoms with E-state index in [1.165, 1.54) is 7.11 Å². The molecule has 2 unspecified atom stereocenters. The van der Waals surface area contributed by atoms with Crippen LogP contribution in [0.1, 0.15) is 24.8 Å². The van der Waals surface area contributed by atoms with E-state index in [1.54, 1.807) is 18.2 Å². The number of nitrogens with one attached hydrogen (secondary N) is 1. The van der Waals surface area contributed by atoms with Gasteiger partial charge in [-0.15, -0.1) is 0 Å². The van der Waals surface area contributed by atoms with Crippen molar-refractivity contribution in [2.45, 2.75) is 32.2 Å². The molecule has 2 rings (SSSR count). The number of carbonyl (C=O) groups excluding carboxylic acids is 2. The van der Waals surface area contributed by atoms with Crippen LogP contribution >= 0.6 is 0 Å². The highest BCUT2D eigenvalue weighted by atomic mass is 16.6. The van der Waals surface area contributed by atoms with E-state index >= 15 is 0 Å². The third-order valence-electron chi connectivity index (χ3n) is 3.88. The Labute approximate surface area is 130 Å². The van der Waals surface area contributed by atoms with Crippen molar-refractivity contribution in [1.29, 1.82) is 0 Å². The molecule has 1 aliphatic rings. The summed E-state index contributed by atoms with van der Waals surface area (Å²) in [5.74, 6) is 0.125. The molecule has 22 heavy (non-hydrogen) atoms. The van der Waals surface area contributed by atoms with Crippen molar-refractivity contribution >= 4 is 17.6 Å². The average Bonchev–Trinajstić information content (AvgIpc) is 2.93. The van der Waals surface area contributed by atoms with Crippen molar-refractivity contribution in [2.24, 2.45) is 11.7 Å². The molecule has 0 heterocycles. The first-order valence-electron chi connectivity index (χ1n) is 7.36. The number of esters is 1. The third kappa shape index (κ3) is 4.21. The number of aryl methyl sites for hydroxylation is 1. The van der Waals surface area contributed by atoms with Gasteiger partial charge in [-0.3, -0.25) is 4.79 Å². The maximum Gasteiger partial charge on any atom is 0.343 e. The molecule has 6 nitrogen and oxygen atoms in total. The highest BCUT2D eigenvalue weighted by molar-refractivity contribution is 5.93. The summed E-state index contributed by atoms with van der Waals surface area (Å²) in [6, 6.07) is 5.39. The first-order valence-corrected chi connectivity index (χ1v) is 7.36. The second-order valence-corrected chi connectivity index (χ2v) is 5.60. The summed E-state index contributed by atoms with van der Waals surface area (Å²) < 4.78 is 9.82. The lowest BCUT2D eigenvalue weighted by Crippen LogP contribution is -2.23. The zero-order valence-electron chi connectivity index (χ0n) is 12.9. The molecule has 6 heteroatoms. The van der Waals surface area contributed by atoms with Crippen LogP contribution in [0.3, 0.4) is 0 Å². The third-order valence-corrected chi connectivity index (χ3v) is 3.88. The van der Waals surface area contributed by atoms with Crippen LogP contribution in [0, 0.1) is 12.8 Å². The van der Waals surface area contributed by atoms with Gasteiger partial charge in [0.05, 0.1) is 7.11 Å². The van der Waals surface area contributed by atoms with Crippen LogP contribution in [0.4, 0.5) is 5.69 Å². The Bertz CT molecular complexity index is 559. The number of amides is 1. The van der Waals surface area contributed by atoms with Crippen LogP contribution in [0.5, 0.6) is 5.75 Å².